The molecule has 1 aliphatic rings. The Balaban J connectivity index is 1.50. The van der Waals surface area contributed by atoms with Crippen LogP contribution in [0.3, 0.4) is 0 Å². The Labute approximate surface area is 222 Å². The minimum Gasteiger partial charge on any atom is -0.351 e. The molecule has 1 aromatic heterocycles. The Kier molecular flexibility index (Phi) is 8.61. The average Bonchev–Trinajstić information content (AvgIpc) is 3.54. The molecule has 1 heterocycles. The number of fused-ring (bicyclic) bond motifs is 1. The van der Waals surface area contributed by atoms with Crippen molar-refractivity contribution in [2.75, 3.05) is 14.2 Å². The zero-order valence-corrected chi connectivity index (χ0v) is 22.5. The molecule has 4 rings (SSSR count). The molecule has 3 aromatic rings. The molecule has 0 bridgehead atoms. The fraction of sp³-hybridized carbons (Fsp3) is 0.414. The SMILES string of the molecule is CON(C)C(=O)CC[C@@H](Cc1ccccc1)NC(=O)C1(NC(=O)c2cc3ccc(C)cc3s2)CCCC1. The molecule has 0 radical (unpaired) electrons. The molecule has 0 saturated heterocycles. The predicted octanol–water partition coefficient (Wildman–Crippen LogP) is 4.78. The molecule has 0 aliphatic heterocycles. The molecule has 2 aromatic carbocycles. The maximum Gasteiger partial charge on any atom is 0.262 e. The molecule has 2 N–H and O–H groups in total. The summed E-state index contributed by atoms with van der Waals surface area (Å²) in [5.41, 5.74) is 1.27. The van der Waals surface area contributed by atoms with Gasteiger partial charge in [0.15, 0.2) is 0 Å². The van der Waals surface area contributed by atoms with E-state index in [4.69, 9.17) is 4.84 Å². The van der Waals surface area contributed by atoms with Gasteiger partial charge in [0, 0.05) is 24.2 Å². The smallest absolute Gasteiger partial charge is 0.262 e. The molecule has 3 amide bonds. The lowest BCUT2D eigenvalue weighted by molar-refractivity contribution is -0.168. The first-order valence-electron chi connectivity index (χ1n) is 12.8. The van der Waals surface area contributed by atoms with Crippen LogP contribution >= 0.6 is 11.3 Å². The van der Waals surface area contributed by atoms with E-state index in [1.54, 1.807) is 7.05 Å². The van der Waals surface area contributed by atoms with Gasteiger partial charge in [-0.25, -0.2) is 5.06 Å². The summed E-state index contributed by atoms with van der Waals surface area (Å²) < 4.78 is 1.06. The summed E-state index contributed by atoms with van der Waals surface area (Å²) in [4.78, 5) is 45.0. The van der Waals surface area contributed by atoms with Gasteiger partial charge in [-0.2, -0.15) is 0 Å². The highest BCUT2D eigenvalue weighted by atomic mass is 32.1. The van der Waals surface area contributed by atoms with Gasteiger partial charge in [-0.3, -0.25) is 19.2 Å². The fourth-order valence-electron chi connectivity index (χ4n) is 4.92. The van der Waals surface area contributed by atoms with E-state index >= 15 is 0 Å². The van der Waals surface area contributed by atoms with Crippen molar-refractivity contribution in [3.05, 3.63) is 70.6 Å². The summed E-state index contributed by atoms with van der Waals surface area (Å²) in [6.07, 6.45) is 4.24. The molecule has 1 saturated carbocycles. The topological polar surface area (TPSA) is 87.7 Å². The van der Waals surface area contributed by atoms with Crippen LogP contribution in [0.1, 0.15) is 59.3 Å². The Morgan fingerprint density at radius 3 is 2.51 bits per heavy atom. The lowest BCUT2D eigenvalue weighted by Gasteiger charge is -2.31. The molecule has 1 fully saturated rings. The Bertz CT molecular complexity index is 1250. The van der Waals surface area contributed by atoms with E-state index in [1.807, 2.05) is 55.5 Å². The van der Waals surface area contributed by atoms with Gasteiger partial charge in [0.1, 0.15) is 5.54 Å². The van der Waals surface area contributed by atoms with Crippen LogP contribution in [-0.2, 0) is 20.8 Å². The van der Waals surface area contributed by atoms with E-state index < -0.39 is 5.54 Å². The summed E-state index contributed by atoms with van der Waals surface area (Å²) in [6.45, 7) is 2.03. The summed E-state index contributed by atoms with van der Waals surface area (Å²) in [5.74, 6) is -0.546. The summed E-state index contributed by atoms with van der Waals surface area (Å²) in [7, 11) is 3.02. The zero-order valence-electron chi connectivity index (χ0n) is 21.7. The van der Waals surface area contributed by atoms with Crippen LogP contribution in [0.4, 0.5) is 0 Å². The lowest BCUT2D eigenvalue weighted by atomic mass is 9.94. The van der Waals surface area contributed by atoms with Gasteiger partial charge in [-0.05, 0) is 61.3 Å². The first-order valence-corrected chi connectivity index (χ1v) is 13.6. The number of amides is 3. The molecule has 1 atom stereocenters. The number of nitrogens with zero attached hydrogens (tertiary/aromatic N) is 1. The molecule has 1 aliphatic carbocycles. The van der Waals surface area contributed by atoms with E-state index in [0.717, 1.165) is 34.1 Å². The van der Waals surface area contributed by atoms with E-state index in [1.165, 1.54) is 23.5 Å². The number of nitrogens with one attached hydrogen (secondary N) is 2. The van der Waals surface area contributed by atoms with Crippen LogP contribution in [0, 0.1) is 6.92 Å². The second-order valence-electron chi connectivity index (χ2n) is 9.87. The highest BCUT2D eigenvalue weighted by Crippen LogP contribution is 2.32. The quantitative estimate of drug-likeness (QED) is 0.376. The van der Waals surface area contributed by atoms with Crippen molar-refractivity contribution >= 4 is 39.1 Å². The van der Waals surface area contributed by atoms with Crippen LogP contribution in [0.5, 0.6) is 0 Å². The van der Waals surface area contributed by atoms with Gasteiger partial charge in [-0.1, -0.05) is 55.3 Å². The van der Waals surface area contributed by atoms with Crippen molar-refractivity contribution in [2.24, 2.45) is 0 Å². The van der Waals surface area contributed by atoms with E-state index in [0.29, 0.717) is 30.6 Å². The summed E-state index contributed by atoms with van der Waals surface area (Å²) >= 11 is 1.45. The number of rotatable bonds is 10. The maximum atomic E-state index is 13.7. The zero-order chi connectivity index (χ0) is 26.4. The van der Waals surface area contributed by atoms with E-state index in [2.05, 4.69) is 16.7 Å². The van der Waals surface area contributed by atoms with Gasteiger partial charge in [0.25, 0.3) is 5.91 Å². The number of hydrogen-bond donors (Lipinski definition) is 2. The Hall–Kier alpha value is -3.23. The molecular weight excluding hydrogens is 486 g/mol. The largest absolute Gasteiger partial charge is 0.351 e. The fourth-order valence-corrected chi connectivity index (χ4v) is 5.98. The van der Waals surface area contributed by atoms with Crippen LogP contribution < -0.4 is 10.6 Å². The maximum absolute atomic E-state index is 13.7. The Morgan fingerprint density at radius 2 is 1.81 bits per heavy atom. The third kappa shape index (κ3) is 6.56. The van der Waals surface area contributed by atoms with Crippen molar-refractivity contribution in [1.82, 2.24) is 15.7 Å². The second kappa shape index (κ2) is 11.9. The number of carbonyl (C=O) groups excluding carboxylic acids is 3. The third-order valence-electron chi connectivity index (χ3n) is 7.14. The highest BCUT2D eigenvalue weighted by molar-refractivity contribution is 7.20. The van der Waals surface area contributed by atoms with Crippen LogP contribution in [-0.4, -0.2) is 48.5 Å². The minimum absolute atomic E-state index is 0.154. The second-order valence-corrected chi connectivity index (χ2v) is 11.0. The lowest BCUT2D eigenvalue weighted by Crippen LogP contribution is -2.59. The molecule has 7 nitrogen and oxygen atoms in total. The van der Waals surface area contributed by atoms with Crippen LogP contribution in [0.25, 0.3) is 10.1 Å². The summed E-state index contributed by atoms with van der Waals surface area (Å²) in [6, 6.07) is 17.7. The molecular formula is C29H35N3O4S. The molecule has 8 heteroatoms. The number of aryl methyl sites for hydroxylation is 1. The normalized spacial score (nSPS) is 15.3. The van der Waals surface area contributed by atoms with Crippen molar-refractivity contribution < 1.29 is 19.2 Å². The molecule has 196 valence electrons. The van der Waals surface area contributed by atoms with Crippen LogP contribution in [0.15, 0.2) is 54.6 Å². The first-order chi connectivity index (χ1) is 17.8. The molecule has 0 spiro atoms. The number of hydroxylamine groups is 2. The van der Waals surface area contributed by atoms with Gasteiger partial charge < -0.3 is 10.6 Å². The standard InChI is InChI=1S/C29H35N3O4S/c1-20-11-12-22-19-25(37-24(22)17-20)27(34)31-29(15-7-8-16-29)28(35)30-23(13-14-26(33)32(2)36-3)18-21-9-5-4-6-10-21/h4-6,9-12,17,19,23H,7-8,13-16,18H2,1-3H3,(H,30,35)(H,31,34)/t23-/m0/s1. The van der Waals surface area contributed by atoms with Gasteiger partial charge >= 0.3 is 0 Å². The van der Waals surface area contributed by atoms with E-state index in [9.17, 15) is 14.4 Å². The van der Waals surface area contributed by atoms with Crippen LogP contribution in [0.2, 0.25) is 0 Å². The van der Waals surface area contributed by atoms with Crippen molar-refractivity contribution in [3.63, 3.8) is 0 Å². The van der Waals surface area contributed by atoms with Gasteiger partial charge in [-0.15, -0.1) is 11.3 Å². The number of carbonyl (C=O) groups is 3. The van der Waals surface area contributed by atoms with Crippen molar-refractivity contribution in [3.8, 4) is 0 Å². The minimum atomic E-state index is -0.953. The molecule has 37 heavy (non-hydrogen) atoms. The third-order valence-corrected chi connectivity index (χ3v) is 8.23. The highest BCUT2D eigenvalue weighted by Gasteiger charge is 2.43. The average molecular weight is 522 g/mol. The predicted molar refractivity (Wildman–Crippen MR) is 146 cm³/mol. The number of thiophene rings is 1. The van der Waals surface area contributed by atoms with Gasteiger partial charge in [0.2, 0.25) is 11.8 Å². The van der Waals surface area contributed by atoms with Gasteiger partial charge in [0.05, 0.1) is 12.0 Å². The van der Waals surface area contributed by atoms with E-state index in [-0.39, 0.29) is 30.2 Å². The number of hydrogen-bond acceptors (Lipinski definition) is 5. The summed E-state index contributed by atoms with van der Waals surface area (Å²) in [5, 5.41) is 8.53. The molecule has 0 unspecified atom stereocenters. The van der Waals surface area contributed by atoms with Crippen molar-refractivity contribution in [1.29, 1.82) is 0 Å². The Morgan fingerprint density at radius 1 is 1.08 bits per heavy atom. The van der Waals surface area contributed by atoms with Crippen molar-refractivity contribution in [2.45, 2.75) is 63.5 Å². The first kappa shape index (κ1) is 26.8. The monoisotopic (exact) mass is 521 g/mol. The number of benzene rings is 2.